The number of aromatic nitrogens is 1. The molecule has 7 aromatic carbocycles. The molecule has 0 bridgehead atoms. The van der Waals surface area contributed by atoms with E-state index in [1.807, 2.05) is 65.1 Å². The van der Waals surface area contributed by atoms with E-state index in [1.165, 1.54) is 40.3 Å². The Hall–Kier alpha value is -5.95. The molecule has 6 heteroatoms. The normalized spacial score (nSPS) is 12.1. The number of anilines is 3. The topological polar surface area (TPSA) is 42.4 Å². The molecule has 11 aromatic rings. The Morgan fingerprint density at radius 1 is 0.469 bits per heavy atom. The first kappa shape index (κ1) is 27.0. The average molecular weight is 665 g/mol. The van der Waals surface area contributed by atoms with E-state index in [-0.39, 0.29) is 0 Å². The van der Waals surface area contributed by atoms with Gasteiger partial charge in [0.05, 0.1) is 11.1 Å². The molecule has 0 aliphatic carbocycles. The van der Waals surface area contributed by atoms with E-state index in [1.54, 1.807) is 0 Å². The summed E-state index contributed by atoms with van der Waals surface area (Å²) >= 11 is 3.66. The van der Waals surface area contributed by atoms with Crippen LogP contribution in [0.15, 0.2) is 154 Å². The van der Waals surface area contributed by atoms with E-state index < -0.39 is 0 Å². The Morgan fingerprint density at radius 3 is 1.76 bits per heavy atom. The zero-order chi connectivity index (χ0) is 32.1. The van der Waals surface area contributed by atoms with Crippen LogP contribution in [0.1, 0.15) is 0 Å². The summed E-state index contributed by atoms with van der Waals surface area (Å²) in [6.45, 7) is 0. The van der Waals surface area contributed by atoms with Gasteiger partial charge in [-0.2, -0.15) is 0 Å². The van der Waals surface area contributed by atoms with Crippen LogP contribution in [0, 0.1) is 0 Å². The minimum absolute atomic E-state index is 0.600. The Balaban J connectivity index is 1.17. The van der Waals surface area contributed by atoms with Gasteiger partial charge in [-0.05, 0) is 66.7 Å². The minimum atomic E-state index is 0.600. The Morgan fingerprint density at radius 2 is 1.06 bits per heavy atom. The average Bonchev–Trinajstić information content (AvgIpc) is 3.93. The maximum Gasteiger partial charge on any atom is 0.227 e. The van der Waals surface area contributed by atoms with E-state index in [0.717, 1.165) is 55.7 Å². The fraction of sp³-hybridized carbons (Fsp3) is 0. The van der Waals surface area contributed by atoms with Crippen molar-refractivity contribution in [2.75, 3.05) is 4.90 Å². The lowest BCUT2D eigenvalue weighted by Crippen LogP contribution is -2.10. The van der Waals surface area contributed by atoms with Crippen LogP contribution in [0.3, 0.4) is 0 Å². The molecule has 0 aliphatic rings. The quantitative estimate of drug-likeness (QED) is 0.188. The molecule has 0 amide bonds. The van der Waals surface area contributed by atoms with Crippen molar-refractivity contribution in [1.82, 2.24) is 4.98 Å². The van der Waals surface area contributed by atoms with Crippen LogP contribution in [0.2, 0.25) is 0 Å². The van der Waals surface area contributed by atoms with Gasteiger partial charge in [-0.25, -0.2) is 4.98 Å². The summed E-state index contributed by atoms with van der Waals surface area (Å²) in [5, 5.41) is 7.08. The SMILES string of the molecule is c1ccc(-c2nc3c(ccc4oc5c(N(c6ccc7c(c6)sc6ccccc67)c6ccc7c(c6)sc6ccccc67)cccc5c43)o2)cc1. The maximum atomic E-state index is 6.78. The first-order valence-corrected chi connectivity index (χ1v) is 17.8. The lowest BCUT2D eigenvalue weighted by Gasteiger charge is -2.25. The Labute approximate surface area is 287 Å². The predicted octanol–water partition coefficient (Wildman–Crippen LogP) is 13.6. The van der Waals surface area contributed by atoms with Crippen molar-refractivity contribution < 1.29 is 8.83 Å². The van der Waals surface area contributed by atoms with Crippen molar-refractivity contribution in [3.8, 4) is 11.5 Å². The number of thiophene rings is 2. The second kappa shape index (κ2) is 10.3. The molecule has 4 aromatic heterocycles. The molecule has 0 N–H and O–H groups in total. The van der Waals surface area contributed by atoms with Gasteiger partial charge in [0.15, 0.2) is 11.2 Å². The van der Waals surface area contributed by atoms with Gasteiger partial charge in [0.2, 0.25) is 5.89 Å². The van der Waals surface area contributed by atoms with Gasteiger partial charge < -0.3 is 13.7 Å². The largest absolute Gasteiger partial charge is 0.454 e. The van der Waals surface area contributed by atoms with Gasteiger partial charge in [0.25, 0.3) is 0 Å². The third-order valence-electron chi connectivity index (χ3n) is 9.50. The minimum Gasteiger partial charge on any atom is -0.454 e. The highest BCUT2D eigenvalue weighted by Crippen LogP contribution is 2.47. The van der Waals surface area contributed by atoms with E-state index in [9.17, 15) is 0 Å². The lowest BCUT2D eigenvalue weighted by atomic mass is 10.1. The zero-order valence-corrected chi connectivity index (χ0v) is 27.5. The smallest absolute Gasteiger partial charge is 0.227 e. The summed E-state index contributed by atoms with van der Waals surface area (Å²) in [6.07, 6.45) is 0. The van der Waals surface area contributed by atoms with Crippen LogP contribution >= 0.6 is 22.7 Å². The van der Waals surface area contributed by atoms with Crippen LogP contribution in [0.25, 0.3) is 84.8 Å². The summed E-state index contributed by atoms with van der Waals surface area (Å²) in [5.41, 5.74) is 7.19. The van der Waals surface area contributed by atoms with Gasteiger partial charge >= 0.3 is 0 Å². The number of hydrogen-bond acceptors (Lipinski definition) is 6. The third-order valence-corrected chi connectivity index (χ3v) is 11.8. The monoisotopic (exact) mass is 664 g/mol. The van der Waals surface area contributed by atoms with Gasteiger partial charge in [-0.3, -0.25) is 0 Å². The van der Waals surface area contributed by atoms with Crippen LogP contribution in [-0.2, 0) is 0 Å². The van der Waals surface area contributed by atoms with Crippen molar-refractivity contribution in [3.05, 3.63) is 146 Å². The zero-order valence-electron chi connectivity index (χ0n) is 25.9. The molecule has 0 atom stereocenters. The number of hydrogen-bond donors (Lipinski definition) is 0. The van der Waals surface area contributed by atoms with Gasteiger partial charge in [0.1, 0.15) is 11.1 Å². The number of fused-ring (bicyclic) bond motifs is 11. The maximum absolute atomic E-state index is 6.78. The molecule has 0 spiro atoms. The molecular weight excluding hydrogens is 641 g/mol. The van der Waals surface area contributed by atoms with E-state index >= 15 is 0 Å². The molecule has 4 nitrogen and oxygen atoms in total. The van der Waals surface area contributed by atoms with Crippen LogP contribution in [0.5, 0.6) is 0 Å². The first-order chi connectivity index (χ1) is 24.3. The standard InChI is InChI=1S/C43H24N2O2S2/c1-2-9-25(10-3-1)43-44-41-35(47-43)22-21-34-40(41)32-13-8-14-33(42(32)46-34)45(26-17-19-30-28-11-4-6-15-36(28)48-38(30)23-26)27-18-20-31-29-12-5-7-16-37(29)49-39(31)24-27/h1-24H. The number of para-hydroxylation sites is 1. The highest BCUT2D eigenvalue weighted by Gasteiger charge is 2.23. The molecule has 230 valence electrons. The van der Waals surface area contributed by atoms with Crippen molar-refractivity contribution in [2.24, 2.45) is 0 Å². The fourth-order valence-electron chi connectivity index (χ4n) is 7.27. The number of benzene rings is 7. The first-order valence-electron chi connectivity index (χ1n) is 16.2. The molecule has 0 saturated heterocycles. The van der Waals surface area contributed by atoms with E-state index in [0.29, 0.717) is 5.89 Å². The van der Waals surface area contributed by atoms with E-state index in [2.05, 4.69) is 108 Å². The van der Waals surface area contributed by atoms with Gasteiger partial charge in [-0.15, -0.1) is 22.7 Å². The summed E-state index contributed by atoms with van der Waals surface area (Å²) in [4.78, 5) is 7.34. The molecule has 0 saturated carbocycles. The van der Waals surface area contributed by atoms with Crippen molar-refractivity contribution >= 4 is 113 Å². The molecule has 0 fully saturated rings. The van der Waals surface area contributed by atoms with E-state index in [4.69, 9.17) is 13.8 Å². The molecule has 0 aliphatic heterocycles. The molecule has 0 radical (unpaired) electrons. The summed E-state index contributed by atoms with van der Waals surface area (Å²) < 4.78 is 18.1. The molecular formula is C43H24N2O2S2. The van der Waals surface area contributed by atoms with Gasteiger partial charge in [0, 0.05) is 62.7 Å². The molecule has 49 heavy (non-hydrogen) atoms. The van der Waals surface area contributed by atoms with Crippen LogP contribution in [-0.4, -0.2) is 4.98 Å². The van der Waals surface area contributed by atoms with Crippen molar-refractivity contribution in [3.63, 3.8) is 0 Å². The highest BCUT2D eigenvalue weighted by molar-refractivity contribution is 7.26. The molecule has 0 unspecified atom stereocenters. The summed E-state index contributed by atoms with van der Waals surface area (Å²) in [7, 11) is 0. The van der Waals surface area contributed by atoms with Crippen LogP contribution in [0.4, 0.5) is 17.1 Å². The second-order valence-corrected chi connectivity index (χ2v) is 14.5. The number of furan rings is 1. The van der Waals surface area contributed by atoms with Crippen LogP contribution < -0.4 is 4.90 Å². The number of rotatable bonds is 4. The number of oxazole rings is 1. The summed E-state index contributed by atoms with van der Waals surface area (Å²) in [6, 6.07) is 51.3. The van der Waals surface area contributed by atoms with Crippen molar-refractivity contribution in [1.29, 1.82) is 0 Å². The highest BCUT2D eigenvalue weighted by atomic mass is 32.1. The molecule has 4 heterocycles. The second-order valence-electron chi connectivity index (χ2n) is 12.3. The lowest BCUT2D eigenvalue weighted by molar-refractivity contribution is 0.619. The fourth-order valence-corrected chi connectivity index (χ4v) is 9.55. The molecule has 11 rings (SSSR count). The van der Waals surface area contributed by atoms with Crippen molar-refractivity contribution in [2.45, 2.75) is 0 Å². The summed E-state index contributed by atoms with van der Waals surface area (Å²) in [5.74, 6) is 0.600. The Bertz CT molecular complexity index is 2960. The Kier molecular flexibility index (Phi) is 5.67. The third kappa shape index (κ3) is 4.05. The van der Waals surface area contributed by atoms with Gasteiger partial charge in [-0.1, -0.05) is 78.9 Å². The number of nitrogens with zero attached hydrogens (tertiary/aromatic N) is 2. The predicted molar refractivity (Wildman–Crippen MR) is 207 cm³/mol.